The van der Waals surface area contributed by atoms with Crippen molar-refractivity contribution in [3.63, 3.8) is 0 Å². The van der Waals surface area contributed by atoms with Gasteiger partial charge in [0.25, 0.3) is 5.91 Å². The average Bonchev–Trinajstić information content (AvgIpc) is 3.66. The Balaban J connectivity index is 1.61. The summed E-state index contributed by atoms with van der Waals surface area (Å²) in [6.45, 7) is 8.17. The van der Waals surface area contributed by atoms with E-state index < -0.39 is 29.5 Å². The number of carbonyl (C=O) groups excluding carboxylic acids is 3. The monoisotopic (exact) mass is 604 g/mol. The number of aliphatic hydroxyl groups excluding tert-OH is 1. The van der Waals surface area contributed by atoms with Gasteiger partial charge in [-0.25, -0.2) is 9.78 Å². The topological polar surface area (TPSA) is 128 Å². The molecule has 0 radical (unpaired) electrons. The number of hydrogen-bond acceptors (Lipinski definition) is 10. The third kappa shape index (κ3) is 5.72. The first-order valence-corrected chi connectivity index (χ1v) is 14.7. The molecular weight excluding hydrogens is 572 g/mol. The maximum Gasteiger partial charge on any atom is 0.350 e. The van der Waals surface area contributed by atoms with E-state index in [1.807, 2.05) is 0 Å². The average molecular weight is 605 g/mol. The fourth-order valence-electron chi connectivity index (χ4n) is 4.85. The molecule has 0 bridgehead atoms. The van der Waals surface area contributed by atoms with Crippen molar-refractivity contribution >= 4 is 45.1 Å². The van der Waals surface area contributed by atoms with E-state index in [9.17, 15) is 19.5 Å². The summed E-state index contributed by atoms with van der Waals surface area (Å²) in [6, 6.07) is 12.7. The molecule has 0 aliphatic carbocycles. The second-order valence-electron chi connectivity index (χ2n) is 10.4. The number of anilines is 1. The number of methoxy groups -OCH3 is 1. The fraction of sp³-hybridized carbons (Fsp3) is 0.312. The van der Waals surface area contributed by atoms with Gasteiger partial charge in [-0.3, -0.25) is 14.5 Å². The first-order valence-electron chi connectivity index (χ1n) is 13.9. The number of aryl methyl sites for hydroxylation is 1. The Hall–Kier alpha value is -4.64. The molecule has 2 aromatic carbocycles. The number of rotatable bonds is 11. The molecule has 1 atom stereocenters. The molecule has 1 amide bonds. The Labute approximate surface area is 252 Å². The Morgan fingerprint density at radius 2 is 1.93 bits per heavy atom. The van der Waals surface area contributed by atoms with Gasteiger partial charge in [-0.15, -0.1) is 0 Å². The van der Waals surface area contributed by atoms with Gasteiger partial charge in [0.05, 0.1) is 37.6 Å². The minimum absolute atomic E-state index is 0.0763. The highest BCUT2D eigenvalue weighted by molar-refractivity contribution is 7.17. The van der Waals surface area contributed by atoms with Crippen molar-refractivity contribution in [3.05, 3.63) is 81.8 Å². The lowest BCUT2D eigenvalue weighted by Gasteiger charge is -2.24. The lowest BCUT2D eigenvalue weighted by atomic mass is 9.95. The van der Waals surface area contributed by atoms with E-state index in [0.717, 1.165) is 17.8 Å². The van der Waals surface area contributed by atoms with Gasteiger partial charge in [0.1, 0.15) is 10.6 Å². The highest BCUT2D eigenvalue weighted by atomic mass is 32.1. The molecule has 0 fully saturated rings. The third-order valence-electron chi connectivity index (χ3n) is 6.99. The lowest BCUT2D eigenvalue weighted by molar-refractivity contribution is -0.117. The van der Waals surface area contributed by atoms with Crippen LogP contribution in [0, 0.1) is 12.8 Å². The van der Waals surface area contributed by atoms with Crippen LogP contribution in [0.15, 0.2) is 64.3 Å². The van der Waals surface area contributed by atoms with Crippen LogP contribution in [0.4, 0.5) is 5.13 Å². The molecule has 10 nitrogen and oxygen atoms in total. The van der Waals surface area contributed by atoms with Gasteiger partial charge in [0, 0.05) is 5.39 Å². The number of benzene rings is 2. The van der Waals surface area contributed by atoms with E-state index in [-0.39, 0.29) is 27.9 Å². The van der Waals surface area contributed by atoms with Crippen LogP contribution in [0.2, 0.25) is 0 Å². The van der Waals surface area contributed by atoms with Crippen LogP contribution in [0.3, 0.4) is 0 Å². The molecule has 1 aliphatic rings. The first-order chi connectivity index (χ1) is 20.6. The smallest absolute Gasteiger partial charge is 0.350 e. The van der Waals surface area contributed by atoms with E-state index in [2.05, 4.69) is 18.8 Å². The minimum atomic E-state index is -1.09. The first kappa shape index (κ1) is 29.8. The number of ether oxygens (including phenoxy) is 3. The van der Waals surface area contributed by atoms with Gasteiger partial charge in [-0.05, 0) is 56.0 Å². The number of aromatic nitrogens is 1. The number of aliphatic hydroxyl groups is 1. The van der Waals surface area contributed by atoms with Crippen molar-refractivity contribution in [2.24, 2.45) is 5.92 Å². The van der Waals surface area contributed by atoms with E-state index in [4.69, 9.17) is 18.6 Å². The van der Waals surface area contributed by atoms with Crippen LogP contribution in [0.5, 0.6) is 11.5 Å². The standard InChI is InChI=1S/C32H32N2O8S/c1-6-40-31(38)29-18(4)33-32(43-29)34-25(19-9-7-11-21(15-19)41-14-13-17(2)3)24(27(36)30(34)37)26(35)23-16-20-10-8-12-22(39-5)28(20)42-23/h7-12,15-17,25,36H,6,13-14H2,1-5H3. The number of thiazole rings is 1. The molecule has 4 aromatic rings. The predicted molar refractivity (Wildman–Crippen MR) is 161 cm³/mol. The van der Waals surface area contributed by atoms with Gasteiger partial charge in [-0.2, -0.15) is 0 Å². The summed E-state index contributed by atoms with van der Waals surface area (Å²) in [5.41, 5.74) is 1.04. The van der Waals surface area contributed by atoms with Crippen molar-refractivity contribution in [3.8, 4) is 11.5 Å². The predicted octanol–water partition coefficient (Wildman–Crippen LogP) is 6.59. The van der Waals surface area contributed by atoms with Crippen LogP contribution < -0.4 is 14.4 Å². The van der Waals surface area contributed by atoms with Gasteiger partial charge < -0.3 is 23.7 Å². The summed E-state index contributed by atoms with van der Waals surface area (Å²) in [7, 11) is 1.49. The minimum Gasteiger partial charge on any atom is -0.503 e. The van der Waals surface area contributed by atoms with E-state index in [1.165, 1.54) is 12.0 Å². The summed E-state index contributed by atoms with van der Waals surface area (Å²) < 4.78 is 22.4. The molecule has 0 spiro atoms. The Morgan fingerprint density at radius 1 is 1.16 bits per heavy atom. The third-order valence-corrected chi connectivity index (χ3v) is 8.13. The van der Waals surface area contributed by atoms with Crippen LogP contribution in [-0.2, 0) is 9.53 Å². The highest BCUT2D eigenvalue weighted by Gasteiger charge is 2.47. The summed E-state index contributed by atoms with van der Waals surface area (Å²) in [5.74, 6) is -1.48. The molecule has 1 unspecified atom stereocenters. The molecule has 43 heavy (non-hydrogen) atoms. The highest BCUT2D eigenvalue weighted by Crippen LogP contribution is 2.45. The van der Waals surface area contributed by atoms with Crippen LogP contribution >= 0.6 is 11.3 Å². The van der Waals surface area contributed by atoms with Crippen molar-refractivity contribution < 1.29 is 38.1 Å². The SMILES string of the molecule is CCOC(=O)c1sc(N2C(=O)C(O)=C(C(=O)c3cc4cccc(OC)c4o3)C2c2cccc(OCCC(C)C)c2)nc1C. The molecular formula is C32H32N2O8S. The second kappa shape index (κ2) is 12.3. The molecule has 224 valence electrons. The van der Waals surface area contributed by atoms with Crippen LogP contribution in [-0.4, -0.2) is 48.1 Å². The van der Waals surface area contributed by atoms with E-state index in [1.54, 1.807) is 62.4 Å². The molecule has 11 heteroatoms. The Morgan fingerprint density at radius 3 is 2.65 bits per heavy atom. The summed E-state index contributed by atoms with van der Waals surface area (Å²) in [5, 5.41) is 12.0. The number of nitrogens with zero attached hydrogens (tertiary/aromatic N) is 2. The molecule has 5 rings (SSSR count). The summed E-state index contributed by atoms with van der Waals surface area (Å²) in [6.07, 6.45) is 0.841. The zero-order valence-electron chi connectivity index (χ0n) is 24.5. The number of ketones is 1. The van der Waals surface area contributed by atoms with E-state index >= 15 is 0 Å². The maximum atomic E-state index is 14.1. The number of para-hydroxylation sites is 1. The van der Waals surface area contributed by atoms with Gasteiger partial charge >= 0.3 is 5.97 Å². The molecule has 0 saturated carbocycles. The molecule has 2 aromatic heterocycles. The largest absolute Gasteiger partial charge is 0.503 e. The van der Waals surface area contributed by atoms with Gasteiger partial charge in [-0.1, -0.05) is 49.4 Å². The number of fused-ring (bicyclic) bond motifs is 1. The number of furan rings is 1. The van der Waals surface area contributed by atoms with Crippen molar-refractivity contribution in [1.29, 1.82) is 0 Å². The van der Waals surface area contributed by atoms with E-state index in [0.29, 0.717) is 46.3 Å². The quantitative estimate of drug-likeness (QED) is 0.149. The number of carbonyl (C=O) groups is 3. The van der Waals surface area contributed by atoms with Crippen molar-refractivity contribution in [2.75, 3.05) is 25.2 Å². The van der Waals surface area contributed by atoms with Gasteiger partial charge in [0.2, 0.25) is 5.78 Å². The van der Waals surface area contributed by atoms with Crippen molar-refractivity contribution in [1.82, 2.24) is 4.98 Å². The van der Waals surface area contributed by atoms with Crippen LogP contribution in [0.25, 0.3) is 11.0 Å². The van der Waals surface area contributed by atoms with Crippen molar-refractivity contribution in [2.45, 2.75) is 40.2 Å². The molecule has 0 saturated heterocycles. The molecule has 3 heterocycles. The zero-order valence-corrected chi connectivity index (χ0v) is 25.3. The number of esters is 1. The second-order valence-corrected chi connectivity index (χ2v) is 11.4. The van der Waals surface area contributed by atoms with Crippen LogP contribution in [0.1, 0.15) is 64.7 Å². The maximum absolute atomic E-state index is 14.1. The Bertz CT molecular complexity index is 1730. The molecule has 1 N–H and O–H groups in total. The fourth-order valence-corrected chi connectivity index (χ4v) is 5.84. The zero-order chi connectivity index (χ0) is 30.8. The number of Topliss-reactive ketones (excluding diaryl/α,β-unsaturated/α-hetero) is 1. The summed E-state index contributed by atoms with van der Waals surface area (Å²) >= 11 is 0.948. The molecule has 1 aliphatic heterocycles. The van der Waals surface area contributed by atoms with Gasteiger partial charge in [0.15, 0.2) is 28.0 Å². The lowest BCUT2D eigenvalue weighted by Crippen LogP contribution is -2.31. The summed E-state index contributed by atoms with van der Waals surface area (Å²) in [4.78, 5) is 46.3. The number of amides is 1. The number of hydrogen-bond donors (Lipinski definition) is 1. The Kier molecular flexibility index (Phi) is 8.54. The normalized spacial score (nSPS) is 15.1.